The fourth-order valence-corrected chi connectivity index (χ4v) is 2.83. The molecular formula is C12H8ClFN2O4S. The number of nitrogens with one attached hydrogen (secondary N) is 1. The molecule has 0 saturated heterocycles. The minimum absolute atomic E-state index is 0.0742. The Morgan fingerprint density at radius 1 is 1.29 bits per heavy atom. The molecule has 21 heavy (non-hydrogen) atoms. The lowest BCUT2D eigenvalue weighted by Gasteiger charge is -2.08. The standard InChI is InChI=1S/C12H8ClFN2O4S/c13-10-5-8(2-3-9(10)12(17)18)21(19,20)16-11-4-1-7(14)6-15-11/h1-6H,(H,15,16)(H,17,18). The van der Waals surface area contributed by atoms with E-state index in [0.29, 0.717) is 0 Å². The van der Waals surface area contributed by atoms with Gasteiger partial charge in [-0.15, -0.1) is 0 Å². The molecule has 0 atom stereocenters. The molecule has 0 aliphatic heterocycles. The Balaban J connectivity index is 2.33. The van der Waals surface area contributed by atoms with Gasteiger partial charge in [-0.1, -0.05) is 11.6 Å². The number of carbonyl (C=O) groups is 1. The highest BCUT2D eigenvalue weighted by Crippen LogP contribution is 2.22. The number of benzene rings is 1. The van der Waals surface area contributed by atoms with Crippen molar-refractivity contribution in [2.75, 3.05) is 4.72 Å². The molecule has 9 heteroatoms. The molecule has 1 heterocycles. The smallest absolute Gasteiger partial charge is 0.337 e. The number of hydrogen-bond acceptors (Lipinski definition) is 4. The number of carboxylic acid groups (broad SMARTS) is 1. The Hall–Kier alpha value is -2.19. The molecule has 110 valence electrons. The van der Waals surface area contributed by atoms with Crippen LogP contribution >= 0.6 is 11.6 Å². The molecule has 0 bridgehead atoms. The second-order valence-electron chi connectivity index (χ2n) is 3.91. The van der Waals surface area contributed by atoms with Crippen LogP contribution in [0.4, 0.5) is 10.2 Å². The summed E-state index contributed by atoms with van der Waals surface area (Å²) in [5.41, 5.74) is -0.212. The molecule has 2 aromatic rings. The van der Waals surface area contributed by atoms with E-state index in [0.717, 1.165) is 36.5 Å². The highest BCUT2D eigenvalue weighted by atomic mass is 35.5. The van der Waals surface area contributed by atoms with E-state index in [4.69, 9.17) is 16.7 Å². The summed E-state index contributed by atoms with van der Waals surface area (Å²) in [6.07, 6.45) is 0.859. The molecule has 0 spiro atoms. The molecule has 0 aliphatic rings. The minimum atomic E-state index is -4.00. The van der Waals surface area contributed by atoms with Crippen molar-refractivity contribution in [2.45, 2.75) is 4.90 Å². The van der Waals surface area contributed by atoms with Gasteiger partial charge in [0.05, 0.1) is 21.7 Å². The number of hydrogen-bond donors (Lipinski definition) is 2. The first-order chi connectivity index (χ1) is 9.79. The average molecular weight is 331 g/mol. The Morgan fingerprint density at radius 3 is 2.52 bits per heavy atom. The van der Waals surface area contributed by atoms with Crippen LogP contribution in [0.25, 0.3) is 0 Å². The van der Waals surface area contributed by atoms with Gasteiger partial charge in [-0.3, -0.25) is 4.72 Å². The molecule has 6 nitrogen and oxygen atoms in total. The van der Waals surface area contributed by atoms with Crippen LogP contribution in [0.1, 0.15) is 10.4 Å². The Labute approximate surface area is 124 Å². The molecule has 1 aromatic heterocycles. The number of nitrogens with zero attached hydrogens (tertiary/aromatic N) is 1. The molecule has 0 unspecified atom stereocenters. The van der Waals surface area contributed by atoms with Crippen molar-refractivity contribution in [1.29, 1.82) is 0 Å². The average Bonchev–Trinajstić information content (AvgIpc) is 2.40. The number of halogens is 2. The summed E-state index contributed by atoms with van der Waals surface area (Å²) in [5.74, 6) is -1.95. The van der Waals surface area contributed by atoms with E-state index >= 15 is 0 Å². The SMILES string of the molecule is O=C(O)c1ccc(S(=O)(=O)Nc2ccc(F)cn2)cc1Cl. The zero-order valence-corrected chi connectivity index (χ0v) is 11.8. The summed E-state index contributed by atoms with van der Waals surface area (Å²) in [5, 5.41) is 8.61. The highest BCUT2D eigenvalue weighted by Gasteiger charge is 2.18. The lowest BCUT2D eigenvalue weighted by atomic mass is 10.2. The van der Waals surface area contributed by atoms with E-state index in [1.807, 2.05) is 0 Å². The fraction of sp³-hybridized carbons (Fsp3) is 0. The normalized spacial score (nSPS) is 11.1. The van der Waals surface area contributed by atoms with Crippen LogP contribution < -0.4 is 4.72 Å². The molecule has 2 N–H and O–H groups in total. The van der Waals surface area contributed by atoms with E-state index in [-0.39, 0.29) is 21.3 Å². The van der Waals surface area contributed by atoms with Gasteiger partial charge in [-0.05, 0) is 30.3 Å². The maximum Gasteiger partial charge on any atom is 0.337 e. The first-order valence-electron chi connectivity index (χ1n) is 5.47. The lowest BCUT2D eigenvalue weighted by molar-refractivity contribution is 0.0697. The topological polar surface area (TPSA) is 96.4 Å². The third kappa shape index (κ3) is 3.47. The van der Waals surface area contributed by atoms with Gasteiger partial charge >= 0.3 is 5.97 Å². The summed E-state index contributed by atoms with van der Waals surface area (Å²) in [7, 11) is -4.00. The fourth-order valence-electron chi connectivity index (χ4n) is 1.47. The molecule has 0 radical (unpaired) electrons. The van der Waals surface area contributed by atoms with Crippen LogP contribution in [0.5, 0.6) is 0 Å². The second kappa shape index (κ2) is 5.66. The van der Waals surface area contributed by atoms with Gasteiger partial charge in [0.25, 0.3) is 10.0 Å². The van der Waals surface area contributed by atoms with E-state index < -0.39 is 21.8 Å². The number of rotatable bonds is 4. The van der Waals surface area contributed by atoms with Crippen LogP contribution in [-0.2, 0) is 10.0 Å². The van der Waals surface area contributed by atoms with Crippen molar-refractivity contribution in [3.05, 3.63) is 52.9 Å². The van der Waals surface area contributed by atoms with E-state index in [2.05, 4.69) is 9.71 Å². The van der Waals surface area contributed by atoms with Gasteiger partial charge in [0, 0.05) is 0 Å². The van der Waals surface area contributed by atoms with Crippen LogP contribution in [-0.4, -0.2) is 24.5 Å². The molecule has 0 saturated carbocycles. The first kappa shape index (κ1) is 15.2. The Kier molecular flexibility index (Phi) is 4.10. The number of pyridine rings is 1. The van der Waals surface area contributed by atoms with E-state index in [1.165, 1.54) is 0 Å². The van der Waals surface area contributed by atoms with Gasteiger partial charge in [-0.2, -0.15) is 0 Å². The van der Waals surface area contributed by atoms with Gasteiger partial charge in [0.1, 0.15) is 11.6 Å². The van der Waals surface area contributed by atoms with Crippen molar-refractivity contribution in [3.8, 4) is 0 Å². The number of carboxylic acids is 1. The molecule has 0 aliphatic carbocycles. The van der Waals surface area contributed by atoms with Gasteiger partial charge in [0.2, 0.25) is 0 Å². The number of aromatic carboxylic acids is 1. The number of anilines is 1. The monoisotopic (exact) mass is 330 g/mol. The van der Waals surface area contributed by atoms with Crippen LogP contribution in [0.3, 0.4) is 0 Å². The molecule has 1 aromatic carbocycles. The zero-order chi connectivity index (χ0) is 15.6. The number of aromatic nitrogens is 1. The van der Waals surface area contributed by atoms with Crippen molar-refractivity contribution in [3.63, 3.8) is 0 Å². The lowest BCUT2D eigenvalue weighted by Crippen LogP contribution is -2.14. The van der Waals surface area contributed by atoms with E-state index in [9.17, 15) is 17.6 Å². The predicted molar refractivity (Wildman–Crippen MR) is 73.4 cm³/mol. The van der Waals surface area contributed by atoms with Crippen molar-refractivity contribution >= 4 is 33.4 Å². The van der Waals surface area contributed by atoms with Gasteiger partial charge < -0.3 is 5.11 Å². The highest BCUT2D eigenvalue weighted by molar-refractivity contribution is 7.92. The van der Waals surface area contributed by atoms with Crippen LogP contribution in [0.2, 0.25) is 5.02 Å². The Morgan fingerprint density at radius 2 is 2.00 bits per heavy atom. The minimum Gasteiger partial charge on any atom is -0.478 e. The summed E-state index contributed by atoms with van der Waals surface area (Å²) in [6, 6.07) is 5.39. The summed E-state index contributed by atoms with van der Waals surface area (Å²) in [4.78, 5) is 14.1. The van der Waals surface area contributed by atoms with Crippen molar-refractivity contribution < 1.29 is 22.7 Å². The van der Waals surface area contributed by atoms with Crippen molar-refractivity contribution in [2.24, 2.45) is 0 Å². The second-order valence-corrected chi connectivity index (χ2v) is 6.00. The molecular weight excluding hydrogens is 323 g/mol. The van der Waals surface area contributed by atoms with Gasteiger partial charge in [-0.25, -0.2) is 22.6 Å². The Bertz CT molecular complexity index is 793. The molecule has 2 rings (SSSR count). The van der Waals surface area contributed by atoms with Crippen LogP contribution in [0.15, 0.2) is 41.4 Å². The summed E-state index contributed by atoms with van der Waals surface area (Å²) >= 11 is 5.72. The quantitative estimate of drug-likeness (QED) is 0.897. The zero-order valence-electron chi connectivity index (χ0n) is 10.2. The largest absolute Gasteiger partial charge is 0.478 e. The van der Waals surface area contributed by atoms with Gasteiger partial charge in [0.15, 0.2) is 0 Å². The maximum absolute atomic E-state index is 12.7. The first-order valence-corrected chi connectivity index (χ1v) is 7.33. The van der Waals surface area contributed by atoms with Crippen molar-refractivity contribution in [1.82, 2.24) is 4.98 Å². The summed E-state index contributed by atoms with van der Waals surface area (Å²) in [6.45, 7) is 0. The third-order valence-electron chi connectivity index (χ3n) is 2.45. The number of sulfonamides is 1. The third-order valence-corrected chi connectivity index (χ3v) is 4.11. The molecule has 0 amide bonds. The van der Waals surface area contributed by atoms with E-state index in [1.54, 1.807) is 0 Å². The van der Waals surface area contributed by atoms with Crippen LogP contribution in [0, 0.1) is 5.82 Å². The predicted octanol–water partition coefficient (Wildman–Crippen LogP) is 2.37. The molecule has 0 fully saturated rings. The summed E-state index contributed by atoms with van der Waals surface area (Å²) < 4.78 is 39.0. The maximum atomic E-state index is 12.7.